The predicted octanol–water partition coefficient (Wildman–Crippen LogP) is 4.58. The van der Waals surface area contributed by atoms with Crippen molar-refractivity contribution in [3.8, 4) is 0 Å². The molecule has 3 aromatic rings. The Morgan fingerprint density at radius 2 is 1.84 bits per heavy atom. The summed E-state index contributed by atoms with van der Waals surface area (Å²) in [5, 5.41) is 22.4. The summed E-state index contributed by atoms with van der Waals surface area (Å²) in [6.07, 6.45) is 1.52. The number of nitro groups is 1. The highest BCUT2D eigenvalue weighted by molar-refractivity contribution is 6.51. The third-order valence-electron chi connectivity index (χ3n) is 5.18. The van der Waals surface area contributed by atoms with E-state index < -0.39 is 28.4 Å². The number of hydrogen-bond acceptors (Lipinski definition) is 6. The fraction of sp³-hybridized carbons (Fsp3) is 0.0870. The van der Waals surface area contributed by atoms with Crippen LogP contribution in [0.1, 0.15) is 22.9 Å². The lowest BCUT2D eigenvalue weighted by Gasteiger charge is -2.26. The van der Waals surface area contributed by atoms with E-state index in [4.69, 9.17) is 11.6 Å². The number of benzene rings is 2. The minimum atomic E-state index is -0.994. The molecule has 0 saturated carbocycles. The highest BCUT2D eigenvalue weighted by Gasteiger charge is 2.48. The van der Waals surface area contributed by atoms with Gasteiger partial charge in [-0.1, -0.05) is 17.7 Å². The number of amides is 1. The van der Waals surface area contributed by atoms with Gasteiger partial charge in [-0.3, -0.25) is 29.6 Å². The molecular formula is C23H16ClN3O5. The fourth-order valence-corrected chi connectivity index (χ4v) is 3.91. The molecule has 1 fully saturated rings. The molecule has 1 aliphatic rings. The van der Waals surface area contributed by atoms with Gasteiger partial charge < -0.3 is 5.11 Å². The van der Waals surface area contributed by atoms with Gasteiger partial charge in [0.05, 0.1) is 16.2 Å². The maximum atomic E-state index is 13.1. The van der Waals surface area contributed by atoms with E-state index in [1.165, 1.54) is 35.4 Å². The van der Waals surface area contributed by atoms with Crippen LogP contribution < -0.4 is 4.90 Å². The number of carbonyl (C=O) groups excluding carboxylic acids is 2. The molecule has 1 N–H and O–H groups in total. The van der Waals surface area contributed by atoms with Crippen LogP contribution in [-0.4, -0.2) is 26.7 Å². The molecule has 0 bridgehead atoms. The first-order valence-electron chi connectivity index (χ1n) is 9.52. The van der Waals surface area contributed by atoms with E-state index in [2.05, 4.69) is 4.98 Å². The van der Waals surface area contributed by atoms with Crippen LogP contribution in [0.15, 0.2) is 72.4 Å². The summed E-state index contributed by atoms with van der Waals surface area (Å²) in [4.78, 5) is 42.1. The smallest absolute Gasteiger partial charge is 0.300 e. The number of carbonyl (C=O) groups is 2. The van der Waals surface area contributed by atoms with Crippen LogP contribution in [0.2, 0.25) is 5.02 Å². The summed E-state index contributed by atoms with van der Waals surface area (Å²) in [6.45, 7) is 1.76. The van der Waals surface area contributed by atoms with Crippen LogP contribution in [0.4, 0.5) is 11.4 Å². The molecule has 2 heterocycles. The lowest BCUT2D eigenvalue weighted by Crippen LogP contribution is -2.30. The number of aromatic nitrogens is 1. The van der Waals surface area contributed by atoms with Gasteiger partial charge in [-0.25, -0.2) is 0 Å². The van der Waals surface area contributed by atoms with Crippen LogP contribution in [0, 0.1) is 17.0 Å². The largest absolute Gasteiger partial charge is 0.507 e. The van der Waals surface area contributed by atoms with E-state index in [0.717, 1.165) is 0 Å². The van der Waals surface area contributed by atoms with Crippen LogP contribution in [0.25, 0.3) is 5.76 Å². The molecule has 0 aliphatic carbocycles. The molecule has 160 valence electrons. The molecule has 1 aromatic heterocycles. The number of aliphatic hydroxyl groups excluding tert-OH is 1. The molecule has 0 spiro atoms. The third kappa shape index (κ3) is 3.61. The average molecular weight is 450 g/mol. The summed E-state index contributed by atoms with van der Waals surface area (Å²) >= 11 is 6.06. The second-order valence-electron chi connectivity index (χ2n) is 7.16. The first-order chi connectivity index (χ1) is 15.3. The molecule has 2 aromatic carbocycles. The minimum Gasteiger partial charge on any atom is -0.507 e. The zero-order valence-corrected chi connectivity index (χ0v) is 17.5. The number of aliphatic hydroxyl groups is 1. The number of anilines is 1. The Labute approximate surface area is 187 Å². The first-order valence-corrected chi connectivity index (χ1v) is 9.90. The molecule has 1 unspecified atom stereocenters. The van der Waals surface area contributed by atoms with Crippen LogP contribution >= 0.6 is 11.6 Å². The Balaban J connectivity index is 1.92. The van der Waals surface area contributed by atoms with Gasteiger partial charge in [0.2, 0.25) is 0 Å². The normalized spacial score (nSPS) is 17.6. The second kappa shape index (κ2) is 8.24. The van der Waals surface area contributed by atoms with Crippen LogP contribution in [0.3, 0.4) is 0 Å². The Morgan fingerprint density at radius 1 is 1.12 bits per heavy atom. The number of halogens is 1. The summed E-state index contributed by atoms with van der Waals surface area (Å²) < 4.78 is 0. The standard InChI is InChI=1S/C23H16ClN3O5/c1-13-12-15(24)7-10-18(13)26-20(17-4-2-3-11-25-17)19(22(29)23(26)30)21(28)14-5-8-16(9-6-14)27(31)32/h2-12,20,28H,1H3/b21-19+. The second-order valence-corrected chi connectivity index (χ2v) is 7.59. The van der Waals surface area contributed by atoms with Crippen molar-refractivity contribution in [3.05, 3.63) is 104 Å². The summed E-state index contributed by atoms with van der Waals surface area (Å²) in [5.74, 6) is -2.15. The third-order valence-corrected chi connectivity index (χ3v) is 5.42. The highest BCUT2D eigenvalue weighted by atomic mass is 35.5. The number of nitrogens with zero attached hydrogens (tertiary/aromatic N) is 3. The van der Waals surface area contributed by atoms with E-state index in [-0.39, 0.29) is 16.8 Å². The molecule has 1 aliphatic heterocycles. The topological polar surface area (TPSA) is 114 Å². The van der Waals surface area contributed by atoms with Gasteiger partial charge in [-0.05, 0) is 55.0 Å². The van der Waals surface area contributed by atoms with E-state index in [1.54, 1.807) is 43.3 Å². The maximum absolute atomic E-state index is 13.1. The molecule has 4 rings (SSSR count). The number of non-ortho nitro benzene ring substituents is 1. The van der Waals surface area contributed by atoms with Crippen molar-refractivity contribution in [2.24, 2.45) is 0 Å². The number of pyridine rings is 1. The Morgan fingerprint density at radius 3 is 2.44 bits per heavy atom. The van der Waals surface area contributed by atoms with Crippen molar-refractivity contribution in [2.45, 2.75) is 13.0 Å². The summed E-state index contributed by atoms with van der Waals surface area (Å²) in [6, 6.07) is 14.0. The molecule has 1 atom stereocenters. The number of aryl methyl sites for hydroxylation is 1. The average Bonchev–Trinajstić information content (AvgIpc) is 3.04. The zero-order valence-electron chi connectivity index (χ0n) is 16.7. The predicted molar refractivity (Wildman–Crippen MR) is 118 cm³/mol. The van der Waals surface area contributed by atoms with Crippen molar-refractivity contribution >= 4 is 40.4 Å². The summed E-state index contributed by atoms with van der Waals surface area (Å²) in [7, 11) is 0. The maximum Gasteiger partial charge on any atom is 0.300 e. The number of ketones is 1. The monoisotopic (exact) mass is 449 g/mol. The zero-order chi connectivity index (χ0) is 23.0. The Kier molecular flexibility index (Phi) is 5.46. The van der Waals surface area contributed by atoms with Crippen molar-refractivity contribution in [2.75, 3.05) is 4.90 Å². The molecule has 32 heavy (non-hydrogen) atoms. The number of Topliss-reactive ketones (excluding diaryl/α,β-unsaturated/α-hetero) is 1. The van der Waals surface area contributed by atoms with E-state index in [1.807, 2.05) is 0 Å². The SMILES string of the molecule is Cc1cc(Cl)ccc1N1C(=O)C(=O)/C(=C(/O)c2ccc([N+](=O)[O-])cc2)C1c1ccccn1. The first kappa shape index (κ1) is 21.2. The van der Waals surface area contributed by atoms with Crippen LogP contribution in [0.5, 0.6) is 0 Å². The van der Waals surface area contributed by atoms with E-state index >= 15 is 0 Å². The van der Waals surface area contributed by atoms with Crippen molar-refractivity contribution in [1.82, 2.24) is 4.98 Å². The summed E-state index contributed by atoms with van der Waals surface area (Å²) in [5.41, 5.74) is 1.34. The minimum absolute atomic E-state index is 0.156. The van der Waals surface area contributed by atoms with Gasteiger partial charge >= 0.3 is 0 Å². The van der Waals surface area contributed by atoms with Crippen LogP contribution in [-0.2, 0) is 9.59 Å². The number of rotatable bonds is 4. The van der Waals surface area contributed by atoms with Crippen molar-refractivity contribution in [1.29, 1.82) is 0 Å². The Bertz CT molecular complexity index is 1270. The van der Waals surface area contributed by atoms with Crippen molar-refractivity contribution < 1.29 is 19.6 Å². The molecule has 8 nitrogen and oxygen atoms in total. The van der Waals surface area contributed by atoms with Gasteiger partial charge in [0, 0.05) is 34.6 Å². The van der Waals surface area contributed by atoms with Gasteiger partial charge in [0.15, 0.2) is 0 Å². The Hall–Kier alpha value is -4.04. The quantitative estimate of drug-likeness (QED) is 0.205. The number of nitro benzene ring substituents is 1. The molecule has 1 saturated heterocycles. The van der Waals surface area contributed by atoms with Gasteiger partial charge in [-0.15, -0.1) is 0 Å². The lowest BCUT2D eigenvalue weighted by atomic mass is 9.98. The molecule has 1 amide bonds. The van der Waals surface area contributed by atoms with Gasteiger partial charge in [0.25, 0.3) is 17.4 Å². The molecule has 0 radical (unpaired) electrons. The van der Waals surface area contributed by atoms with Crippen molar-refractivity contribution in [3.63, 3.8) is 0 Å². The molecule has 9 heteroatoms. The highest BCUT2D eigenvalue weighted by Crippen LogP contribution is 2.42. The lowest BCUT2D eigenvalue weighted by molar-refractivity contribution is -0.384. The fourth-order valence-electron chi connectivity index (χ4n) is 3.68. The number of hydrogen-bond donors (Lipinski definition) is 1. The molecular weight excluding hydrogens is 434 g/mol. The van der Waals surface area contributed by atoms with Gasteiger partial charge in [-0.2, -0.15) is 0 Å². The van der Waals surface area contributed by atoms with Gasteiger partial charge in [0.1, 0.15) is 11.8 Å². The van der Waals surface area contributed by atoms with E-state index in [0.29, 0.717) is 22.0 Å². The van der Waals surface area contributed by atoms with E-state index in [9.17, 15) is 24.8 Å².